The largest absolute Gasteiger partial charge is 0.346 e. The van der Waals surface area contributed by atoms with Gasteiger partial charge in [0.25, 0.3) is 0 Å². The molecule has 0 spiro atoms. The summed E-state index contributed by atoms with van der Waals surface area (Å²) in [5.74, 6) is 0.812. The van der Waals surface area contributed by atoms with Gasteiger partial charge in [0.2, 0.25) is 0 Å². The summed E-state index contributed by atoms with van der Waals surface area (Å²) in [5, 5.41) is 3.27. The normalized spacial score (nSPS) is 13.3. The van der Waals surface area contributed by atoms with E-state index in [-0.39, 0.29) is 6.04 Å². The van der Waals surface area contributed by atoms with Crippen LogP contribution in [-0.2, 0) is 6.54 Å². The Morgan fingerprint density at radius 1 is 1.30 bits per heavy atom. The molecular formula is C14H20F2N4. The molecule has 0 radical (unpaired) electrons. The molecule has 0 aliphatic rings. The average Bonchev–Trinajstić information content (AvgIpc) is 3.00. The molecule has 2 heterocycles. The smallest absolute Gasteiger partial charge is 0.319 e. The highest BCUT2D eigenvalue weighted by Crippen LogP contribution is 2.22. The molecule has 0 bridgehead atoms. The molecule has 6 heteroatoms. The molecule has 0 saturated carbocycles. The van der Waals surface area contributed by atoms with Gasteiger partial charge < -0.3 is 9.88 Å². The lowest BCUT2D eigenvalue weighted by Gasteiger charge is -2.18. The molecule has 0 saturated heterocycles. The molecule has 0 aromatic carbocycles. The highest BCUT2D eigenvalue weighted by Gasteiger charge is 2.16. The second-order valence-corrected chi connectivity index (χ2v) is 5.16. The van der Waals surface area contributed by atoms with E-state index in [1.54, 1.807) is 0 Å². The highest BCUT2D eigenvalue weighted by atomic mass is 19.3. The predicted molar refractivity (Wildman–Crippen MR) is 73.7 cm³/mol. The van der Waals surface area contributed by atoms with Gasteiger partial charge in [-0.1, -0.05) is 13.8 Å². The molecule has 0 amide bonds. The Balaban J connectivity index is 2.15. The molecule has 0 aliphatic heterocycles. The molecule has 0 aliphatic carbocycles. The molecule has 0 fully saturated rings. The Morgan fingerprint density at radius 2 is 2.05 bits per heavy atom. The third-order valence-electron chi connectivity index (χ3n) is 3.39. The zero-order valence-corrected chi connectivity index (χ0v) is 11.9. The van der Waals surface area contributed by atoms with Crippen LogP contribution in [0.4, 0.5) is 8.78 Å². The monoisotopic (exact) mass is 282 g/mol. The minimum Gasteiger partial charge on any atom is -0.346 e. The maximum atomic E-state index is 12.8. The summed E-state index contributed by atoms with van der Waals surface area (Å²) >= 11 is 0. The summed E-state index contributed by atoms with van der Waals surface area (Å²) in [5.41, 5.74) is 1.15. The van der Waals surface area contributed by atoms with Gasteiger partial charge in [-0.2, -0.15) is 8.78 Å². The van der Waals surface area contributed by atoms with Gasteiger partial charge in [-0.3, -0.25) is 4.57 Å². The van der Waals surface area contributed by atoms with Gasteiger partial charge in [0.1, 0.15) is 5.82 Å². The average molecular weight is 282 g/mol. The maximum absolute atomic E-state index is 12.8. The lowest BCUT2D eigenvalue weighted by atomic mass is 9.99. The van der Waals surface area contributed by atoms with Crippen molar-refractivity contribution >= 4 is 0 Å². The summed E-state index contributed by atoms with van der Waals surface area (Å²) in [6.07, 6.45) is 6.57. The zero-order valence-electron chi connectivity index (χ0n) is 11.9. The fourth-order valence-corrected chi connectivity index (χ4v) is 2.43. The van der Waals surface area contributed by atoms with Crippen LogP contribution < -0.4 is 5.32 Å². The van der Waals surface area contributed by atoms with Crippen molar-refractivity contribution in [2.75, 3.05) is 7.05 Å². The Kier molecular flexibility index (Phi) is 4.54. The first-order chi connectivity index (χ1) is 9.52. The lowest BCUT2D eigenvalue weighted by molar-refractivity contribution is 0.0667. The predicted octanol–water partition coefficient (Wildman–Crippen LogP) is 3.04. The van der Waals surface area contributed by atoms with Crippen LogP contribution in [-0.4, -0.2) is 21.2 Å². The van der Waals surface area contributed by atoms with E-state index in [4.69, 9.17) is 0 Å². The van der Waals surface area contributed by atoms with Crippen molar-refractivity contribution in [3.63, 3.8) is 0 Å². The first-order valence-electron chi connectivity index (χ1n) is 6.65. The molecule has 1 N–H and O–H groups in total. The van der Waals surface area contributed by atoms with Gasteiger partial charge in [-0.25, -0.2) is 4.98 Å². The van der Waals surface area contributed by atoms with Crippen molar-refractivity contribution in [3.05, 3.63) is 42.2 Å². The van der Waals surface area contributed by atoms with Gasteiger partial charge in [-0.15, -0.1) is 0 Å². The molecule has 20 heavy (non-hydrogen) atoms. The summed E-state index contributed by atoms with van der Waals surface area (Å²) < 4.78 is 28.3. The maximum Gasteiger partial charge on any atom is 0.319 e. The van der Waals surface area contributed by atoms with E-state index in [0.717, 1.165) is 10.1 Å². The lowest BCUT2D eigenvalue weighted by Crippen LogP contribution is -2.21. The summed E-state index contributed by atoms with van der Waals surface area (Å²) in [7, 11) is 1.92. The molecule has 1 unspecified atom stereocenters. The van der Waals surface area contributed by atoms with Crippen molar-refractivity contribution in [3.8, 4) is 0 Å². The van der Waals surface area contributed by atoms with Gasteiger partial charge >= 0.3 is 6.55 Å². The van der Waals surface area contributed by atoms with Gasteiger partial charge in [-0.05, 0) is 24.6 Å². The topological polar surface area (TPSA) is 34.8 Å². The molecule has 2 aromatic rings. The number of hydrogen-bond acceptors (Lipinski definition) is 2. The SMILES string of the molecule is CNC(c1ccn(Cc2nccn2C(F)F)c1)C(C)C. The number of halogens is 2. The molecule has 1 atom stereocenters. The third-order valence-corrected chi connectivity index (χ3v) is 3.39. The molecule has 4 nitrogen and oxygen atoms in total. The van der Waals surface area contributed by atoms with Crippen LogP contribution in [0.15, 0.2) is 30.9 Å². The molecule has 2 rings (SSSR count). The van der Waals surface area contributed by atoms with Crippen LogP contribution in [0.25, 0.3) is 0 Å². The zero-order chi connectivity index (χ0) is 14.7. The molecule has 110 valence electrons. The van der Waals surface area contributed by atoms with E-state index in [0.29, 0.717) is 18.3 Å². The van der Waals surface area contributed by atoms with E-state index < -0.39 is 6.55 Å². The quantitative estimate of drug-likeness (QED) is 0.883. The first kappa shape index (κ1) is 14.7. The third kappa shape index (κ3) is 3.07. The van der Waals surface area contributed by atoms with Crippen molar-refractivity contribution in [2.45, 2.75) is 33.0 Å². The van der Waals surface area contributed by atoms with Crippen LogP contribution in [0.1, 0.15) is 37.8 Å². The van der Waals surface area contributed by atoms with Crippen molar-refractivity contribution < 1.29 is 8.78 Å². The summed E-state index contributed by atoms with van der Waals surface area (Å²) in [6, 6.07) is 2.27. The van der Waals surface area contributed by atoms with Crippen LogP contribution in [0, 0.1) is 5.92 Å². The standard InChI is InChI=1S/C14H20F2N4/c1-10(2)13(17-3)11-4-6-19(8-11)9-12-18-5-7-20(12)14(15)16/h4-8,10,13-14,17H,9H2,1-3H3. The summed E-state index contributed by atoms with van der Waals surface area (Å²) in [6.45, 7) is 2.07. The van der Waals surface area contributed by atoms with Gasteiger partial charge in [0, 0.05) is 30.8 Å². The van der Waals surface area contributed by atoms with Crippen LogP contribution in [0.2, 0.25) is 0 Å². The Hall–Kier alpha value is -1.69. The first-order valence-corrected chi connectivity index (χ1v) is 6.65. The van der Waals surface area contributed by atoms with Crippen molar-refractivity contribution in [1.82, 2.24) is 19.4 Å². The number of imidazole rings is 1. The number of alkyl halides is 2. The van der Waals surface area contributed by atoms with Gasteiger partial charge in [0.15, 0.2) is 0 Å². The number of nitrogens with one attached hydrogen (secondary N) is 1. The van der Waals surface area contributed by atoms with E-state index in [9.17, 15) is 8.78 Å². The van der Waals surface area contributed by atoms with Crippen LogP contribution >= 0.6 is 0 Å². The number of nitrogens with zero attached hydrogens (tertiary/aromatic N) is 3. The fourth-order valence-electron chi connectivity index (χ4n) is 2.43. The van der Waals surface area contributed by atoms with Crippen molar-refractivity contribution in [1.29, 1.82) is 0 Å². The number of hydrogen-bond donors (Lipinski definition) is 1. The molecule has 2 aromatic heterocycles. The highest BCUT2D eigenvalue weighted by molar-refractivity contribution is 5.16. The van der Waals surface area contributed by atoms with Crippen LogP contribution in [0.3, 0.4) is 0 Å². The minimum atomic E-state index is -2.55. The number of aromatic nitrogens is 3. The summed E-state index contributed by atoms with van der Waals surface area (Å²) in [4.78, 5) is 3.99. The van der Waals surface area contributed by atoms with E-state index in [1.807, 2.05) is 30.1 Å². The van der Waals surface area contributed by atoms with Crippen LogP contribution in [0.5, 0.6) is 0 Å². The Morgan fingerprint density at radius 3 is 2.65 bits per heavy atom. The Labute approximate surface area is 117 Å². The fraction of sp³-hybridized carbons (Fsp3) is 0.500. The molecular weight excluding hydrogens is 262 g/mol. The number of rotatable bonds is 6. The second-order valence-electron chi connectivity index (χ2n) is 5.16. The van der Waals surface area contributed by atoms with Gasteiger partial charge in [0.05, 0.1) is 6.54 Å². The van der Waals surface area contributed by atoms with E-state index in [2.05, 4.69) is 24.1 Å². The minimum absolute atomic E-state index is 0.256. The second kappa shape index (κ2) is 6.17. The van der Waals surface area contributed by atoms with E-state index >= 15 is 0 Å². The Bertz CT molecular complexity index is 545. The van der Waals surface area contributed by atoms with Crippen molar-refractivity contribution in [2.24, 2.45) is 5.92 Å². The van der Waals surface area contributed by atoms with E-state index in [1.165, 1.54) is 12.4 Å².